The van der Waals surface area contributed by atoms with Crippen molar-refractivity contribution >= 4 is 30.0 Å². The van der Waals surface area contributed by atoms with Crippen molar-refractivity contribution in [3.8, 4) is 22.6 Å². The molecule has 4 amide bonds. The molecule has 0 fully saturated rings. The predicted octanol–water partition coefficient (Wildman–Crippen LogP) is 10.4. The summed E-state index contributed by atoms with van der Waals surface area (Å²) in [6.45, 7) is 29.0. The summed E-state index contributed by atoms with van der Waals surface area (Å²) >= 11 is 0. The first-order valence-electron chi connectivity index (χ1n) is 25.8. The highest BCUT2D eigenvalue weighted by atomic mass is 16.6. The molecule has 0 spiro atoms. The SMILES string of the molecule is C=C(NCC(=O)NC(CCCCNC(=O)OC(C)(C)C)C(=O)NCC(=O)O)C(Cc1ccc(OC(C)(C)C)cc1)NC(=O)OCC1c2ccccc2-c2ccccc21.COC(C)(C)C.Cc1ccc(OC(C)(C)C)cc1. The number of aliphatic carboxylic acids is 1. The lowest BCUT2D eigenvalue weighted by Gasteiger charge is -2.24. The summed E-state index contributed by atoms with van der Waals surface area (Å²) < 4.78 is 27.6. The van der Waals surface area contributed by atoms with Crippen molar-refractivity contribution in [2.45, 2.75) is 156 Å². The molecular formula is C60H85N5O11. The number of methoxy groups -OCH3 is 1. The van der Waals surface area contributed by atoms with Gasteiger partial charge in [0.2, 0.25) is 11.8 Å². The third-order valence-corrected chi connectivity index (χ3v) is 11.0. The summed E-state index contributed by atoms with van der Waals surface area (Å²) in [5.41, 5.74) is 5.71. The van der Waals surface area contributed by atoms with Crippen molar-refractivity contribution in [1.29, 1.82) is 0 Å². The van der Waals surface area contributed by atoms with Crippen LogP contribution >= 0.6 is 0 Å². The molecule has 0 saturated carbocycles. The summed E-state index contributed by atoms with van der Waals surface area (Å²) in [6.07, 6.45) is 0.135. The Kier molecular flexibility index (Phi) is 24.4. The zero-order valence-corrected chi connectivity index (χ0v) is 47.4. The summed E-state index contributed by atoms with van der Waals surface area (Å²) in [7, 11) is 1.71. The standard InChI is InChI=1S/C44H57N5O9.C11H16O.C5H12O/c1-28(46-25-38(50)48-36(40(53)47-26-39(51)52)18-12-13-23-45-41(54)58-44(5,6)7)37(24-29-19-21-30(22-20-29)57-43(2,3)4)49-42(55)56-27-35-33-16-10-8-14-31(33)32-15-9-11-17-34(32)35;1-9-5-7-10(8-6-9)12-11(2,3)4;1-5(2,3)6-4/h8-11,14-17,19-22,35-37,46H,1,12-13,18,23-27H2,2-7H3,(H,45,54)(H,47,53)(H,48,50)(H,49,55)(H,51,52);5-8H,1-4H3;1-4H3. The van der Waals surface area contributed by atoms with E-state index < -0.39 is 54.2 Å². The molecule has 416 valence electrons. The van der Waals surface area contributed by atoms with E-state index >= 15 is 0 Å². The quantitative estimate of drug-likeness (QED) is 0.0457. The Morgan fingerprint density at radius 2 is 1.12 bits per heavy atom. The van der Waals surface area contributed by atoms with E-state index in [0.29, 0.717) is 30.7 Å². The van der Waals surface area contributed by atoms with Gasteiger partial charge in [0.05, 0.1) is 18.2 Å². The van der Waals surface area contributed by atoms with Gasteiger partial charge in [0, 0.05) is 25.3 Å². The number of hydrogen-bond acceptors (Lipinski definition) is 11. The molecule has 0 saturated heterocycles. The van der Waals surface area contributed by atoms with E-state index in [-0.39, 0.29) is 48.8 Å². The Hall–Kier alpha value is -7.07. The van der Waals surface area contributed by atoms with Crippen LogP contribution < -0.4 is 36.1 Å². The number of carbonyl (C=O) groups is 5. The number of benzene rings is 4. The molecule has 2 atom stereocenters. The molecule has 76 heavy (non-hydrogen) atoms. The molecule has 4 aromatic rings. The minimum atomic E-state index is -1.23. The van der Waals surface area contributed by atoms with Crippen molar-refractivity contribution < 1.29 is 52.8 Å². The van der Waals surface area contributed by atoms with Crippen LogP contribution in [0.1, 0.15) is 131 Å². The Bertz CT molecular complexity index is 2450. The lowest BCUT2D eigenvalue weighted by atomic mass is 9.98. The van der Waals surface area contributed by atoms with E-state index in [4.69, 9.17) is 28.8 Å². The molecule has 2 unspecified atom stereocenters. The van der Waals surface area contributed by atoms with Gasteiger partial charge in [0.1, 0.15) is 47.5 Å². The summed E-state index contributed by atoms with van der Waals surface area (Å²) in [5, 5.41) is 22.6. The third kappa shape index (κ3) is 25.0. The fourth-order valence-corrected chi connectivity index (χ4v) is 7.38. The largest absolute Gasteiger partial charge is 0.488 e. The highest BCUT2D eigenvalue weighted by Gasteiger charge is 2.30. The Labute approximate surface area is 451 Å². The maximum atomic E-state index is 13.4. The first-order chi connectivity index (χ1) is 35.4. The highest BCUT2D eigenvalue weighted by molar-refractivity contribution is 5.90. The van der Waals surface area contributed by atoms with Gasteiger partial charge in [-0.1, -0.05) is 84.9 Å². The van der Waals surface area contributed by atoms with Gasteiger partial charge in [-0.2, -0.15) is 0 Å². The van der Waals surface area contributed by atoms with Gasteiger partial charge in [-0.15, -0.1) is 0 Å². The van der Waals surface area contributed by atoms with Crippen LogP contribution in [0.25, 0.3) is 11.1 Å². The molecule has 4 aromatic carbocycles. The van der Waals surface area contributed by atoms with Crippen molar-refractivity contribution in [1.82, 2.24) is 26.6 Å². The van der Waals surface area contributed by atoms with Crippen LogP contribution in [0.3, 0.4) is 0 Å². The minimum absolute atomic E-state index is 0.0417. The number of rotatable bonds is 20. The van der Waals surface area contributed by atoms with Crippen LogP contribution in [-0.4, -0.2) is 103 Å². The molecule has 16 nitrogen and oxygen atoms in total. The van der Waals surface area contributed by atoms with E-state index in [1.807, 2.05) is 135 Å². The molecule has 1 aliphatic rings. The van der Waals surface area contributed by atoms with Crippen LogP contribution in [0.2, 0.25) is 0 Å². The highest BCUT2D eigenvalue weighted by Crippen LogP contribution is 2.44. The van der Waals surface area contributed by atoms with E-state index in [1.54, 1.807) is 27.9 Å². The summed E-state index contributed by atoms with van der Waals surface area (Å²) in [5.74, 6) is -0.973. The van der Waals surface area contributed by atoms with Gasteiger partial charge in [-0.25, -0.2) is 9.59 Å². The second-order valence-electron chi connectivity index (χ2n) is 22.5. The van der Waals surface area contributed by atoms with E-state index in [0.717, 1.165) is 33.6 Å². The van der Waals surface area contributed by atoms with Gasteiger partial charge in [-0.05, 0) is 168 Å². The number of nitrogens with one attached hydrogen (secondary N) is 5. The van der Waals surface area contributed by atoms with E-state index in [1.165, 1.54) is 5.56 Å². The lowest BCUT2D eigenvalue weighted by molar-refractivity contribution is -0.138. The first kappa shape index (κ1) is 63.2. The van der Waals surface area contributed by atoms with Gasteiger partial charge in [0.25, 0.3) is 0 Å². The molecule has 5 rings (SSSR count). The van der Waals surface area contributed by atoms with Crippen LogP contribution in [0, 0.1) is 6.92 Å². The van der Waals surface area contributed by atoms with Crippen molar-refractivity contribution in [3.05, 3.63) is 132 Å². The molecule has 0 radical (unpaired) electrons. The summed E-state index contributed by atoms with van der Waals surface area (Å²) in [6, 6.07) is 29.9. The number of fused-ring (bicyclic) bond motifs is 3. The average Bonchev–Trinajstić information content (AvgIpc) is 3.64. The number of aryl methyl sites for hydroxylation is 1. The Morgan fingerprint density at radius 3 is 1.61 bits per heavy atom. The predicted molar refractivity (Wildman–Crippen MR) is 299 cm³/mol. The zero-order valence-electron chi connectivity index (χ0n) is 47.4. The normalized spacial score (nSPS) is 12.8. The fourth-order valence-electron chi connectivity index (χ4n) is 7.38. The number of unbranched alkanes of at least 4 members (excludes halogenated alkanes) is 1. The van der Waals surface area contributed by atoms with Gasteiger partial charge in [0.15, 0.2) is 0 Å². The number of amides is 4. The Balaban J connectivity index is 0.000000711. The van der Waals surface area contributed by atoms with Crippen molar-refractivity contribution in [3.63, 3.8) is 0 Å². The van der Waals surface area contributed by atoms with Crippen LogP contribution in [0.15, 0.2) is 109 Å². The number of hydrogen-bond donors (Lipinski definition) is 6. The topological polar surface area (TPSA) is 212 Å². The average molecular weight is 1050 g/mol. The number of alkyl carbamates (subject to hydrolysis) is 2. The molecule has 0 heterocycles. The minimum Gasteiger partial charge on any atom is -0.488 e. The monoisotopic (exact) mass is 1050 g/mol. The number of carboxylic acids is 1. The maximum Gasteiger partial charge on any atom is 0.407 e. The first-order valence-corrected chi connectivity index (χ1v) is 25.8. The van der Waals surface area contributed by atoms with E-state index in [2.05, 4.69) is 64.4 Å². The lowest BCUT2D eigenvalue weighted by Crippen LogP contribution is -2.50. The fraction of sp³-hybridized carbons (Fsp3) is 0.483. The van der Waals surface area contributed by atoms with Gasteiger partial charge >= 0.3 is 18.2 Å². The molecule has 1 aliphatic carbocycles. The van der Waals surface area contributed by atoms with Crippen LogP contribution in [0.4, 0.5) is 9.59 Å². The second-order valence-corrected chi connectivity index (χ2v) is 22.5. The number of carboxylic acid groups (broad SMARTS) is 1. The molecule has 0 aliphatic heterocycles. The number of carbonyl (C=O) groups excluding carboxylic acids is 4. The zero-order chi connectivity index (χ0) is 56.9. The molecule has 16 heteroatoms. The Morgan fingerprint density at radius 1 is 0.605 bits per heavy atom. The smallest absolute Gasteiger partial charge is 0.407 e. The third-order valence-electron chi connectivity index (χ3n) is 11.0. The summed E-state index contributed by atoms with van der Waals surface area (Å²) in [4.78, 5) is 62.6. The molecule has 6 N–H and O–H groups in total. The van der Waals surface area contributed by atoms with Crippen LogP contribution in [0.5, 0.6) is 11.5 Å². The molecule has 0 aromatic heterocycles. The maximum absolute atomic E-state index is 13.4. The number of ether oxygens (including phenoxy) is 5. The van der Waals surface area contributed by atoms with Crippen molar-refractivity contribution in [2.24, 2.45) is 0 Å². The van der Waals surface area contributed by atoms with Gasteiger partial charge in [-0.3, -0.25) is 14.4 Å². The van der Waals surface area contributed by atoms with Gasteiger partial charge < -0.3 is 55.4 Å². The second kappa shape index (κ2) is 29.3. The van der Waals surface area contributed by atoms with E-state index in [9.17, 15) is 24.0 Å². The van der Waals surface area contributed by atoms with Crippen LogP contribution in [-0.2, 0) is 35.0 Å². The molecule has 0 bridgehead atoms. The van der Waals surface area contributed by atoms with Crippen molar-refractivity contribution in [2.75, 3.05) is 33.4 Å². The molecular weight excluding hydrogens is 967 g/mol.